The number of rotatable bonds is 5. The van der Waals surface area contributed by atoms with Crippen LogP contribution >= 0.6 is 0 Å². The van der Waals surface area contributed by atoms with E-state index >= 15 is 0 Å². The topological polar surface area (TPSA) is 49.8 Å². The Balaban J connectivity index is 3.43. The highest BCUT2D eigenvalue weighted by atomic mass is 16.6. The van der Waals surface area contributed by atoms with Crippen molar-refractivity contribution in [1.82, 2.24) is 4.90 Å². The van der Waals surface area contributed by atoms with Gasteiger partial charge in [0.2, 0.25) is 0 Å². The molecule has 0 radical (unpaired) electrons. The van der Waals surface area contributed by atoms with Crippen molar-refractivity contribution in [3.63, 3.8) is 0 Å². The van der Waals surface area contributed by atoms with Crippen LogP contribution in [-0.2, 0) is 4.74 Å². The van der Waals surface area contributed by atoms with Crippen LogP contribution < -0.4 is 0 Å². The second-order valence-electron chi connectivity index (χ2n) is 2.61. The third-order valence-corrected chi connectivity index (χ3v) is 1.47. The molecule has 0 aliphatic heterocycles. The van der Waals surface area contributed by atoms with Crippen LogP contribution in [0.3, 0.4) is 0 Å². The van der Waals surface area contributed by atoms with Crippen LogP contribution in [-0.4, -0.2) is 42.9 Å². The number of carbonyl (C=O) groups excluding carboxylic acids is 1. The van der Waals surface area contributed by atoms with E-state index in [2.05, 4.69) is 0 Å². The molecule has 0 atom stereocenters. The maximum atomic E-state index is 11.0. The summed E-state index contributed by atoms with van der Waals surface area (Å²) in [5.74, 6) is 0. The fourth-order valence-electron chi connectivity index (χ4n) is 0.655. The molecule has 0 aromatic heterocycles. The van der Waals surface area contributed by atoms with Gasteiger partial charge in [0, 0.05) is 13.6 Å². The molecule has 0 aromatic carbocycles. The van der Waals surface area contributed by atoms with Gasteiger partial charge < -0.3 is 14.7 Å². The van der Waals surface area contributed by atoms with Crippen LogP contribution in [0, 0.1) is 0 Å². The fourth-order valence-corrected chi connectivity index (χ4v) is 0.655. The van der Waals surface area contributed by atoms with E-state index in [9.17, 15) is 4.79 Å². The molecule has 4 nitrogen and oxygen atoms in total. The number of ether oxygens (including phenoxy) is 1. The molecular weight excluding hydrogens is 158 g/mol. The van der Waals surface area contributed by atoms with Gasteiger partial charge in [0.1, 0.15) is 0 Å². The highest BCUT2D eigenvalue weighted by Gasteiger charge is 2.07. The van der Waals surface area contributed by atoms with Crippen molar-refractivity contribution in [3.8, 4) is 0 Å². The molecule has 1 amide bonds. The number of hydrogen-bond donors (Lipinski definition) is 1. The summed E-state index contributed by atoms with van der Waals surface area (Å²) in [5.41, 5.74) is 0. The minimum atomic E-state index is -0.363. The molecule has 0 fully saturated rings. The molecule has 0 aliphatic carbocycles. The third kappa shape index (κ3) is 4.96. The second-order valence-corrected chi connectivity index (χ2v) is 2.61. The quantitative estimate of drug-likeness (QED) is 0.630. The zero-order valence-corrected chi connectivity index (χ0v) is 7.75. The molecule has 0 saturated carbocycles. The van der Waals surface area contributed by atoms with E-state index in [0.29, 0.717) is 13.2 Å². The van der Waals surface area contributed by atoms with E-state index in [-0.39, 0.29) is 12.7 Å². The summed E-state index contributed by atoms with van der Waals surface area (Å²) in [5, 5.41) is 8.51. The number of hydrogen-bond acceptors (Lipinski definition) is 3. The van der Waals surface area contributed by atoms with Gasteiger partial charge in [0.15, 0.2) is 0 Å². The minimum absolute atomic E-state index is 0.0284. The van der Waals surface area contributed by atoms with Crippen LogP contribution in [0.2, 0.25) is 0 Å². The van der Waals surface area contributed by atoms with Gasteiger partial charge in [-0.15, -0.1) is 0 Å². The minimum Gasteiger partial charge on any atom is -0.449 e. The van der Waals surface area contributed by atoms with E-state index in [4.69, 9.17) is 9.84 Å². The Bertz CT molecular complexity index is 127. The molecular formula is C8H17NO3. The summed E-state index contributed by atoms with van der Waals surface area (Å²) in [6.07, 6.45) is 1.54. The molecule has 0 aromatic rings. The van der Waals surface area contributed by atoms with E-state index in [1.165, 1.54) is 4.90 Å². The summed E-state index contributed by atoms with van der Waals surface area (Å²) >= 11 is 0. The predicted molar refractivity (Wildman–Crippen MR) is 46.0 cm³/mol. The lowest BCUT2D eigenvalue weighted by Crippen LogP contribution is -2.30. The van der Waals surface area contributed by atoms with Crippen molar-refractivity contribution in [2.75, 3.05) is 26.8 Å². The van der Waals surface area contributed by atoms with Crippen molar-refractivity contribution < 1.29 is 14.6 Å². The Hall–Kier alpha value is -0.770. The zero-order valence-electron chi connectivity index (χ0n) is 7.75. The number of amides is 1. The monoisotopic (exact) mass is 175 g/mol. The van der Waals surface area contributed by atoms with Gasteiger partial charge in [-0.3, -0.25) is 0 Å². The molecule has 12 heavy (non-hydrogen) atoms. The number of unbranched alkanes of at least 4 members (excludes halogenated alkanes) is 1. The molecule has 0 spiro atoms. The van der Waals surface area contributed by atoms with Crippen molar-refractivity contribution >= 4 is 6.09 Å². The summed E-state index contributed by atoms with van der Waals surface area (Å²) < 4.78 is 4.87. The van der Waals surface area contributed by atoms with Crippen LogP contribution in [0.1, 0.15) is 19.8 Å². The Labute approximate surface area is 73.1 Å². The normalized spacial score (nSPS) is 9.58. The highest BCUT2D eigenvalue weighted by molar-refractivity contribution is 5.67. The van der Waals surface area contributed by atoms with Crippen LogP contribution in [0.25, 0.3) is 0 Å². The Morgan fingerprint density at radius 1 is 1.58 bits per heavy atom. The Morgan fingerprint density at radius 2 is 2.25 bits per heavy atom. The fraction of sp³-hybridized carbons (Fsp3) is 0.875. The second kappa shape index (κ2) is 6.91. The van der Waals surface area contributed by atoms with E-state index in [0.717, 1.165) is 12.8 Å². The standard InChI is InChI=1S/C8H17NO3/c1-3-4-7-12-8(11)9(2)5-6-10/h10H,3-7H2,1-2H3. The first-order chi connectivity index (χ1) is 5.72. The first kappa shape index (κ1) is 11.2. The number of aliphatic hydroxyl groups excluding tert-OH is 1. The number of carbonyl (C=O) groups is 1. The SMILES string of the molecule is CCCCOC(=O)N(C)CCO. The smallest absolute Gasteiger partial charge is 0.409 e. The first-order valence-electron chi connectivity index (χ1n) is 4.21. The molecule has 0 aliphatic rings. The number of nitrogens with zero attached hydrogens (tertiary/aromatic N) is 1. The van der Waals surface area contributed by atoms with Crippen LogP contribution in [0.4, 0.5) is 4.79 Å². The van der Waals surface area contributed by atoms with E-state index < -0.39 is 0 Å². The van der Waals surface area contributed by atoms with Gasteiger partial charge in [-0.25, -0.2) is 4.79 Å². The average Bonchev–Trinajstić information content (AvgIpc) is 2.05. The van der Waals surface area contributed by atoms with Crippen molar-refractivity contribution in [2.24, 2.45) is 0 Å². The summed E-state index contributed by atoms with van der Waals surface area (Å²) in [6.45, 7) is 2.79. The van der Waals surface area contributed by atoms with E-state index in [1.807, 2.05) is 6.92 Å². The molecule has 72 valence electrons. The Morgan fingerprint density at radius 3 is 2.75 bits per heavy atom. The molecule has 0 rings (SSSR count). The van der Waals surface area contributed by atoms with Gasteiger partial charge in [-0.2, -0.15) is 0 Å². The van der Waals surface area contributed by atoms with Crippen molar-refractivity contribution in [2.45, 2.75) is 19.8 Å². The highest BCUT2D eigenvalue weighted by Crippen LogP contribution is 1.93. The zero-order chi connectivity index (χ0) is 9.40. The summed E-state index contributed by atoms with van der Waals surface area (Å²) in [7, 11) is 1.60. The predicted octanol–water partition coefficient (Wildman–Crippen LogP) is 0.847. The maximum absolute atomic E-state index is 11.0. The van der Waals surface area contributed by atoms with Crippen molar-refractivity contribution in [3.05, 3.63) is 0 Å². The lowest BCUT2D eigenvalue weighted by atomic mass is 10.4. The molecule has 0 saturated heterocycles. The van der Waals surface area contributed by atoms with Gasteiger partial charge in [-0.1, -0.05) is 13.3 Å². The first-order valence-corrected chi connectivity index (χ1v) is 4.21. The van der Waals surface area contributed by atoms with Gasteiger partial charge in [0.25, 0.3) is 0 Å². The molecule has 0 heterocycles. The van der Waals surface area contributed by atoms with Gasteiger partial charge in [-0.05, 0) is 6.42 Å². The summed E-state index contributed by atoms with van der Waals surface area (Å²) in [6, 6.07) is 0. The lowest BCUT2D eigenvalue weighted by Gasteiger charge is -2.14. The Kier molecular flexibility index (Phi) is 6.47. The van der Waals surface area contributed by atoms with Crippen molar-refractivity contribution in [1.29, 1.82) is 0 Å². The molecule has 0 bridgehead atoms. The number of aliphatic hydroxyl groups is 1. The summed E-state index contributed by atoms with van der Waals surface area (Å²) in [4.78, 5) is 12.4. The van der Waals surface area contributed by atoms with Crippen LogP contribution in [0.5, 0.6) is 0 Å². The average molecular weight is 175 g/mol. The molecule has 1 N–H and O–H groups in total. The molecule has 4 heteroatoms. The van der Waals surface area contributed by atoms with E-state index in [1.54, 1.807) is 7.05 Å². The largest absolute Gasteiger partial charge is 0.449 e. The third-order valence-electron chi connectivity index (χ3n) is 1.47. The van der Waals surface area contributed by atoms with Gasteiger partial charge >= 0.3 is 6.09 Å². The maximum Gasteiger partial charge on any atom is 0.409 e. The van der Waals surface area contributed by atoms with Crippen LogP contribution in [0.15, 0.2) is 0 Å². The lowest BCUT2D eigenvalue weighted by molar-refractivity contribution is 0.102. The molecule has 0 unspecified atom stereocenters. The number of likely N-dealkylation sites (N-methyl/N-ethyl adjacent to an activating group) is 1. The van der Waals surface area contributed by atoms with Gasteiger partial charge in [0.05, 0.1) is 13.2 Å².